The third-order valence-electron chi connectivity index (χ3n) is 8.00. The van der Waals surface area contributed by atoms with Gasteiger partial charge in [0, 0.05) is 43.9 Å². The van der Waals surface area contributed by atoms with Crippen LogP contribution in [0.3, 0.4) is 0 Å². The predicted octanol–water partition coefficient (Wildman–Crippen LogP) is -0.663. The molecule has 48 heavy (non-hydrogen) atoms. The van der Waals surface area contributed by atoms with E-state index in [9.17, 15) is 38.7 Å². The van der Waals surface area contributed by atoms with E-state index in [1.807, 2.05) is 12.1 Å². The molecule has 1 saturated heterocycles. The average molecular weight is 670 g/mol. The number of carbonyl (C=O) groups excluding carboxylic acids is 7. The average Bonchev–Trinajstić information content (AvgIpc) is 3.67. The van der Waals surface area contributed by atoms with Crippen molar-refractivity contribution in [3.63, 3.8) is 0 Å². The molecule has 2 aliphatic rings. The Balaban J connectivity index is 1.36. The number of unbranched alkanes of at least 4 members (excludes halogenated alkanes) is 1. The molecule has 15 nitrogen and oxygen atoms in total. The second kappa shape index (κ2) is 18.6. The first-order valence-electron chi connectivity index (χ1n) is 16.3. The Bertz CT molecular complexity index is 1350. The first-order chi connectivity index (χ1) is 22.9. The zero-order valence-corrected chi connectivity index (χ0v) is 27.5. The van der Waals surface area contributed by atoms with Crippen LogP contribution in [0.15, 0.2) is 36.4 Å². The number of carbonyl (C=O) groups is 7. The minimum absolute atomic E-state index is 0.00443. The number of rotatable bonds is 18. The summed E-state index contributed by atoms with van der Waals surface area (Å²) in [5.41, 5.74) is 7.86. The van der Waals surface area contributed by atoms with Gasteiger partial charge in [-0.25, -0.2) is 0 Å². The van der Waals surface area contributed by atoms with E-state index in [0.717, 1.165) is 29.0 Å². The van der Waals surface area contributed by atoms with Gasteiger partial charge >= 0.3 is 0 Å². The Hall–Kier alpha value is -4.63. The number of anilines is 1. The number of benzene rings is 1. The molecule has 2 heterocycles. The molecule has 15 heteroatoms. The van der Waals surface area contributed by atoms with Crippen LogP contribution in [0.5, 0.6) is 0 Å². The van der Waals surface area contributed by atoms with E-state index in [4.69, 9.17) is 5.73 Å². The van der Waals surface area contributed by atoms with E-state index in [1.165, 1.54) is 4.90 Å². The minimum Gasteiger partial charge on any atom is -0.394 e. The maximum atomic E-state index is 13.1. The van der Waals surface area contributed by atoms with Crippen LogP contribution < -0.4 is 27.0 Å². The van der Waals surface area contributed by atoms with Crippen molar-refractivity contribution in [2.45, 2.75) is 76.9 Å². The first-order valence-corrected chi connectivity index (χ1v) is 16.3. The van der Waals surface area contributed by atoms with Crippen LogP contribution >= 0.6 is 0 Å². The molecule has 0 spiro atoms. The summed E-state index contributed by atoms with van der Waals surface area (Å²) in [6, 6.07) is 4.34. The zero-order chi connectivity index (χ0) is 35.2. The lowest BCUT2D eigenvalue weighted by atomic mass is 10.0. The molecule has 0 bridgehead atoms. The Morgan fingerprint density at radius 3 is 2.31 bits per heavy atom. The van der Waals surface area contributed by atoms with Crippen molar-refractivity contribution in [1.29, 1.82) is 0 Å². The van der Waals surface area contributed by atoms with E-state index in [1.54, 1.807) is 12.1 Å². The van der Waals surface area contributed by atoms with Gasteiger partial charge in [0.05, 0.1) is 19.2 Å². The summed E-state index contributed by atoms with van der Waals surface area (Å²) in [6.07, 6.45) is 5.51. The molecular formula is C33H47N7O8. The van der Waals surface area contributed by atoms with Gasteiger partial charge in [0.25, 0.3) is 11.8 Å². The Labute approximate surface area is 280 Å². The van der Waals surface area contributed by atoms with Crippen molar-refractivity contribution in [2.24, 2.45) is 11.7 Å². The highest BCUT2D eigenvalue weighted by molar-refractivity contribution is 6.13. The van der Waals surface area contributed by atoms with E-state index in [-0.39, 0.29) is 25.4 Å². The van der Waals surface area contributed by atoms with Crippen molar-refractivity contribution in [3.8, 4) is 0 Å². The number of amides is 7. The van der Waals surface area contributed by atoms with Gasteiger partial charge in [-0.15, -0.1) is 0 Å². The highest BCUT2D eigenvalue weighted by Gasteiger charge is 2.37. The van der Waals surface area contributed by atoms with E-state index in [2.05, 4.69) is 35.1 Å². The highest BCUT2D eigenvalue weighted by atomic mass is 16.3. The number of nitrogens with one attached hydrogen (secondary N) is 4. The molecule has 1 aromatic carbocycles. The normalized spacial score (nSPS) is 17.0. The second-order valence-corrected chi connectivity index (χ2v) is 12.4. The lowest BCUT2D eigenvalue weighted by molar-refractivity contribution is -0.140. The monoisotopic (exact) mass is 669 g/mol. The number of likely N-dealkylation sites (tertiary alicyclic amines) is 1. The fourth-order valence-electron chi connectivity index (χ4n) is 5.46. The molecular weight excluding hydrogens is 622 g/mol. The van der Waals surface area contributed by atoms with Gasteiger partial charge in [-0.3, -0.25) is 38.5 Å². The topological polar surface area (TPSA) is 220 Å². The van der Waals surface area contributed by atoms with Gasteiger partial charge in [0.15, 0.2) is 0 Å². The standard InChI is InChI=1S/C33H47N7O8/c1-21(2)18-22-8-10-23(11-9-22)37-28(43)19-36-31(46)25(20-41)38-32(47)26-7-5-16-39(26)33(48)24(34)6-3-4-15-35-27(42)14-17-40-29(44)12-13-30(40)45/h8-13,21,24-26,41H,3-7,14-20,34H2,1-2H3,(H,35,42)(H,36,46)(H,37,43)(H,38,47). The minimum atomic E-state index is -1.32. The van der Waals surface area contributed by atoms with Crippen LogP contribution in [0.1, 0.15) is 57.9 Å². The Kier molecular flexibility index (Phi) is 14.7. The Morgan fingerprint density at radius 1 is 0.979 bits per heavy atom. The van der Waals surface area contributed by atoms with Gasteiger partial charge in [-0.1, -0.05) is 26.0 Å². The van der Waals surface area contributed by atoms with Gasteiger partial charge in [-0.2, -0.15) is 0 Å². The van der Waals surface area contributed by atoms with Crippen LogP contribution in [-0.4, -0.2) is 107 Å². The van der Waals surface area contributed by atoms with Crippen molar-refractivity contribution in [2.75, 3.05) is 38.1 Å². The molecule has 3 rings (SSSR count). The summed E-state index contributed by atoms with van der Waals surface area (Å²) in [5, 5.41) is 20.1. The molecule has 7 N–H and O–H groups in total. The molecule has 2 aliphatic heterocycles. The first kappa shape index (κ1) is 37.8. The second-order valence-electron chi connectivity index (χ2n) is 12.4. The molecule has 1 fully saturated rings. The lowest BCUT2D eigenvalue weighted by Gasteiger charge is -2.28. The van der Waals surface area contributed by atoms with Crippen LogP contribution in [0.4, 0.5) is 5.69 Å². The zero-order valence-electron chi connectivity index (χ0n) is 27.5. The third kappa shape index (κ3) is 11.6. The smallest absolute Gasteiger partial charge is 0.253 e. The largest absolute Gasteiger partial charge is 0.394 e. The predicted molar refractivity (Wildman–Crippen MR) is 176 cm³/mol. The van der Waals surface area contributed by atoms with Gasteiger partial charge < -0.3 is 37.0 Å². The van der Waals surface area contributed by atoms with Crippen LogP contribution in [0.2, 0.25) is 0 Å². The molecule has 262 valence electrons. The number of hydrogen-bond acceptors (Lipinski definition) is 9. The number of nitrogens with two attached hydrogens (primary N) is 1. The van der Waals surface area contributed by atoms with Crippen LogP contribution in [0.25, 0.3) is 0 Å². The number of aliphatic hydroxyl groups excluding tert-OH is 1. The molecule has 3 atom stereocenters. The molecule has 0 radical (unpaired) electrons. The molecule has 0 aromatic heterocycles. The van der Waals surface area contributed by atoms with E-state index >= 15 is 0 Å². The number of hydrogen-bond donors (Lipinski definition) is 6. The van der Waals surface area contributed by atoms with Crippen molar-refractivity contribution in [1.82, 2.24) is 25.8 Å². The lowest BCUT2D eigenvalue weighted by Crippen LogP contribution is -2.56. The summed E-state index contributed by atoms with van der Waals surface area (Å²) in [7, 11) is 0. The Morgan fingerprint density at radius 2 is 1.67 bits per heavy atom. The maximum Gasteiger partial charge on any atom is 0.253 e. The highest BCUT2D eigenvalue weighted by Crippen LogP contribution is 2.20. The summed E-state index contributed by atoms with van der Waals surface area (Å²) in [5.74, 6) is -2.94. The van der Waals surface area contributed by atoms with E-state index < -0.39 is 60.2 Å². The molecule has 1 aromatic rings. The van der Waals surface area contributed by atoms with Crippen molar-refractivity contribution in [3.05, 3.63) is 42.0 Å². The summed E-state index contributed by atoms with van der Waals surface area (Å²) in [6.45, 7) is 3.79. The summed E-state index contributed by atoms with van der Waals surface area (Å²) < 4.78 is 0. The van der Waals surface area contributed by atoms with Crippen molar-refractivity contribution >= 4 is 47.0 Å². The third-order valence-corrected chi connectivity index (χ3v) is 8.00. The molecule has 7 amide bonds. The molecule has 0 saturated carbocycles. The summed E-state index contributed by atoms with van der Waals surface area (Å²) in [4.78, 5) is 88.7. The van der Waals surface area contributed by atoms with Gasteiger partial charge in [0.2, 0.25) is 29.5 Å². The fraction of sp³-hybridized carbons (Fsp3) is 0.545. The number of aliphatic hydroxyl groups is 1. The fourth-order valence-corrected chi connectivity index (χ4v) is 5.46. The summed E-state index contributed by atoms with van der Waals surface area (Å²) >= 11 is 0. The van der Waals surface area contributed by atoms with Gasteiger partial charge in [0.1, 0.15) is 12.1 Å². The number of nitrogens with zero attached hydrogens (tertiary/aromatic N) is 2. The van der Waals surface area contributed by atoms with Crippen LogP contribution in [-0.2, 0) is 40.0 Å². The SMILES string of the molecule is CC(C)Cc1ccc(NC(=O)CNC(=O)C(CO)NC(=O)C2CCCN2C(=O)C(N)CCCCNC(=O)CCN2C(=O)C=CC2=O)cc1. The van der Waals surface area contributed by atoms with Gasteiger partial charge in [-0.05, 0) is 62.1 Å². The maximum absolute atomic E-state index is 13.1. The number of imide groups is 1. The molecule has 3 unspecified atom stereocenters. The molecule has 0 aliphatic carbocycles. The quantitative estimate of drug-likeness (QED) is 0.0862. The van der Waals surface area contributed by atoms with E-state index in [0.29, 0.717) is 56.8 Å². The van der Waals surface area contributed by atoms with Crippen LogP contribution in [0, 0.1) is 5.92 Å². The van der Waals surface area contributed by atoms with Crippen molar-refractivity contribution < 1.29 is 38.7 Å².